The molecule has 2 heterocycles. The van der Waals surface area contributed by atoms with E-state index in [1.165, 1.54) is 22.3 Å². The van der Waals surface area contributed by atoms with E-state index in [-0.39, 0.29) is 17.9 Å². The van der Waals surface area contributed by atoms with Gasteiger partial charge in [0, 0.05) is 36.2 Å². The minimum atomic E-state index is 0.123. The molecule has 1 fully saturated rings. The third-order valence-electron chi connectivity index (χ3n) is 7.22. The topological polar surface area (TPSA) is 42.7 Å². The predicted molar refractivity (Wildman–Crippen MR) is 173 cm³/mol. The molecule has 1 aliphatic rings. The monoisotopic (exact) mass is 547 g/mol. The molecule has 0 radical (unpaired) electrons. The van der Waals surface area contributed by atoms with E-state index in [0.29, 0.717) is 13.0 Å². The molecule has 0 aliphatic carbocycles. The Kier molecular flexibility index (Phi) is 13.5. The molecule has 4 rings (SSSR count). The van der Waals surface area contributed by atoms with E-state index in [1.807, 2.05) is 32.6 Å². The zero-order chi connectivity index (χ0) is 29.8. The van der Waals surface area contributed by atoms with Gasteiger partial charge in [-0.2, -0.15) is 0 Å². The van der Waals surface area contributed by atoms with Crippen LogP contribution in [0.3, 0.4) is 0 Å². The molecule has 0 spiro atoms. The Hall–Kier alpha value is -3.01. The van der Waals surface area contributed by atoms with Gasteiger partial charge in [0.2, 0.25) is 5.91 Å². The summed E-state index contributed by atoms with van der Waals surface area (Å²) in [4.78, 5) is 15.1. The van der Waals surface area contributed by atoms with Crippen LogP contribution in [0, 0.1) is 6.92 Å². The van der Waals surface area contributed by atoms with E-state index in [4.69, 9.17) is 9.15 Å². The summed E-state index contributed by atoms with van der Waals surface area (Å²) in [7, 11) is 0. The first-order chi connectivity index (χ1) is 19.3. The third-order valence-corrected chi connectivity index (χ3v) is 7.22. The van der Waals surface area contributed by atoms with Gasteiger partial charge in [-0.25, -0.2) is 0 Å². The number of carbonyl (C=O) groups is 1. The van der Waals surface area contributed by atoms with Gasteiger partial charge < -0.3 is 14.1 Å². The lowest BCUT2D eigenvalue weighted by atomic mass is 9.93. The minimum absolute atomic E-state index is 0.123. The van der Waals surface area contributed by atoms with Gasteiger partial charge in [-0.3, -0.25) is 4.79 Å². The average molecular weight is 548 g/mol. The number of carbonyl (C=O) groups excluding carboxylic acids is 1. The van der Waals surface area contributed by atoms with Crippen LogP contribution in [0.25, 0.3) is 21.9 Å². The number of benzene rings is 2. The largest absolute Gasteiger partial charge is 0.487 e. The number of fused-ring (bicyclic) bond motifs is 3. The number of hydrogen-bond acceptors (Lipinski definition) is 3. The second-order valence-corrected chi connectivity index (χ2v) is 10.6. The van der Waals surface area contributed by atoms with Crippen molar-refractivity contribution in [3.05, 3.63) is 64.8 Å². The van der Waals surface area contributed by atoms with Crippen LogP contribution < -0.4 is 4.74 Å². The number of aryl methyl sites for hydroxylation is 1. The molecule has 1 amide bonds. The summed E-state index contributed by atoms with van der Waals surface area (Å²) >= 11 is 0. The van der Waals surface area contributed by atoms with Crippen LogP contribution in [0.4, 0.5) is 0 Å². The number of ether oxygens (including phenoxy) is 1. The molecule has 2 aromatic carbocycles. The van der Waals surface area contributed by atoms with Crippen LogP contribution >= 0.6 is 0 Å². The number of rotatable bonds is 10. The van der Waals surface area contributed by atoms with Gasteiger partial charge in [-0.05, 0) is 63.8 Å². The van der Waals surface area contributed by atoms with Crippen molar-refractivity contribution in [3.8, 4) is 5.75 Å². The highest BCUT2D eigenvalue weighted by Crippen LogP contribution is 2.42. The Morgan fingerprint density at radius 3 is 2.48 bits per heavy atom. The van der Waals surface area contributed by atoms with Gasteiger partial charge >= 0.3 is 0 Å². The van der Waals surface area contributed by atoms with E-state index in [1.54, 1.807) is 0 Å². The highest BCUT2D eigenvalue weighted by molar-refractivity contribution is 6.09. The van der Waals surface area contributed by atoms with Crippen molar-refractivity contribution in [2.75, 3.05) is 13.1 Å². The van der Waals surface area contributed by atoms with Crippen LogP contribution in [0.5, 0.6) is 5.75 Å². The van der Waals surface area contributed by atoms with Crippen molar-refractivity contribution >= 4 is 27.8 Å². The predicted octanol–water partition coefficient (Wildman–Crippen LogP) is 10.5. The smallest absolute Gasteiger partial charge is 0.223 e. The maximum atomic E-state index is 13.1. The SMILES string of the molecule is CC.CC.CCCCC(C)Oc1ccc(C2CC(=O)N(C/C(=C/C=C(C)C)CC)C2)c2c1oc1cc(C)ccc12. The molecule has 4 nitrogen and oxygen atoms in total. The molecule has 220 valence electrons. The van der Waals surface area contributed by atoms with Gasteiger partial charge in [0.1, 0.15) is 5.58 Å². The molecular formula is C36H53NO3. The highest BCUT2D eigenvalue weighted by atomic mass is 16.5. The molecule has 1 aliphatic heterocycles. The van der Waals surface area contributed by atoms with Gasteiger partial charge in [0.25, 0.3) is 0 Å². The first-order valence-corrected chi connectivity index (χ1v) is 15.5. The average Bonchev–Trinajstić information content (AvgIpc) is 3.52. The van der Waals surface area contributed by atoms with Gasteiger partial charge in [0.15, 0.2) is 11.3 Å². The Labute approximate surface area is 243 Å². The van der Waals surface area contributed by atoms with Crippen molar-refractivity contribution < 1.29 is 13.9 Å². The van der Waals surface area contributed by atoms with Crippen LogP contribution in [-0.2, 0) is 4.79 Å². The molecule has 0 saturated carbocycles. The fourth-order valence-electron chi connectivity index (χ4n) is 5.13. The van der Waals surface area contributed by atoms with Crippen LogP contribution in [0.1, 0.15) is 111 Å². The fourth-order valence-corrected chi connectivity index (χ4v) is 5.13. The Morgan fingerprint density at radius 1 is 1.10 bits per heavy atom. The Balaban J connectivity index is 0.00000134. The number of nitrogens with zero attached hydrogens (tertiary/aromatic N) is 1. The third kappa shape index (κ3) is 8.25. The van der Waals surface area contributed by atoms with Gasteiger partial charge in [0.05, 0.1) is 6.10 Å². The fraction of sp³-hybridized carbons (Fsp3) is 0.528. The highest BCUT2D eigenvalue weighted by Gasteiger charge is 2.33. The summed E-state index contributed by atoms with van der Waals surface area (Å²) in [5, 5.41) is 2.20. The van der Waals surface area contributed by atoms with E-state index < -0.39 is 0 Å². The van der Waals surface area contributed by atoms with Crippen LogP contribution in [-0.4, -0.2) is 30.0 Å². The lowest BCUT2D eigenvalue weighted by Crippen LogP contribution is -2.27. The van der Waals surface area contributed by atoms with E-state index in [2.05, 4.69) is 84.0 Å². The zero-order valence-electron chi connectivity index (χ0n) is 26.8. The maximum Gasteiger partial charge on any atom is 0.223 e. The molecule has 3 aromatic rings. The number of unbranched alkanes of at least 4 members (excludes halogenated alkanes) is 1. The maximum absolute atomic E-state index is 13.1. The number of hydrogen-bond donors (Lipinski definition) is 0. The minimum Gasteiger partial charge on any atom is -0.487 e. The normalized spacial score (nSPS) is 15.8. The molecule has 2 unspecified atom stereocenters. The second kappa shape index (κ2) is 16.3. The first-order valence-electron chi connectivity index (χ1n) is 15.5. The second-order valence-electron chi connectivity index (χ2n) is 10.6. The van der Waals surface area contributed by atoms with Crippen LogP contribution in [0.15, 0.2) is 58.0 Å². The molecule has 1 aromatic heterocycles. The lowest BCUT2D eigenvalue weighted by molar-refractivity contribution is -0.127. The van der Waals surface area contributed by atoms with Crippen molar-refractivity contribution in [1.29, 1.82) is 0 Å². The van der Waals surface area contributed by atoms with Crippen molar-refractivity contribution in [2.24, 2.45) is 0 Å². The zero-order valence-corrected chi connectivity index (χ0v) is 26.8. The van der Waals surface area contributed by atoms with Gasteiger partial charge in [-0.15, -0.1) is 0 Å². The summed E-state index contributed by atoms with van der Waals surface area (Å²) < 4.78 is 12.8. The molecule has 4 heteroatoms. The number of allylic oxidation sites excluding steroid dienone is 3. The summed E-state index contributed by atoms with van der Waals surface area (Å²) in [5.74, 6) is 1.15. The standard InChI is InChI=1S/C32H41NO3.2C2H6/c1-7-9-10-23(6)35-28-16-15-26(31-27-14-12-22(5)17-29(27)36-32(28)31)25-18-30(34)33(20-25)19-24(8-2)13-11-21(3)4;2*1-2/h11-17,23,25H,7-10,18-20H2,1-6H3;2*1-2H3/b24-13+;;. The van der Waals surface area contributed by atoms with Crippen molar-refractivity contribution in [1.82, 2.24) is 4.90 Å². The molecule has 1 saturated heterocycles. The quantitative estimate of drug-likeness (QED) is 0.237. The number of likely N-dealkylation sites (tertiary alicyclic amines) is 1. The summed E-state index contributed by atoms with van der Waals surface area (Å²) in [5.41, 5.74) is 6.58. The summed E-state index contributed by atoms with van der Waals surface area (Å²) in [6.07, 6.45) is 9.22. The van der Waals surface area contributed by atoms with E-state index >= 15 is 0 Å². The molecular weight excluding hydrogens is 494 g/mol. The molecule has 0 bridgehead atoms. The van der Waals surface area contributed by atoms with E-state index in [0.717, 1.165) is 59.9 Å². The van der Waals surface area contributed by atoms with Crippen molar-refractivity contribution in [2.45, 2.75) is 113 Å². The summed E-state index contributed by atoms with van der Waals surface area (Å²) in [6.45, 7) is 22.2. The number of furan rings is 1. The van der Waals surface area contributed by atoms with Gasteiger partial charge in [-0.1, -0.05) is 95.9 Å². The number of amides is 1. The van der Waals surface area contributed by atoms with E-state index in [9.17, 15) is 4.79 Å². The Morgan fingerprint density at radius 2 is 1.82 bits per heavy atom. The molecule has 40 heavy (non-hydrogen) atoms. The molecule has 2 atom stereocenters. The van der Waals surface area contributed by atoms with Crippen molar-refractivity contribution in [3.63, 3.8) is 0 Å². The lowest BCUT2D eigenvalue weighted by Gasteiger charge is -2.19. The molecule has 0 N–H and O–H groups in total. The van der Waals surface area contributed by atoms with Crippen LogP contribution in [0.2, 0.25) is 0 Å². The first kappa shape index (κ1) is 33.2. The summed E-state index contributed by atoms with van der Waals surface area (Å²) in [6, 6.07) is 10.6. The Bertz CT molecular complexity index is 1290.